The number of halogens is 3. The van der Waals surface area contributed by atoms with Crippen LogP contribution >= 0.6 is 0 Å². The van der Waals surface area contributed by atoms with Crippen molar-refractivity contribution in [1.29, 1.82) is 0 Å². The van der Waals surface area contributed by atoms with E-state index in [-0.39, 0.29) is 28.3 Å². The molecule has 0 aliphatic rings. The van der Waals surface area contributed by atoms with Crippen LogP contribution in [0.1, 0.15) is 5.56 Å². The van der Waals surface area contributed by atoms with Crippen molar-refractivity contribution in [3.8, 4) is 5.69 Å². The molecule has 2 aromatic carbocycles. The standard InChI is InChI=1S/C17H13F3N4O3S/c18-11-8-22-24(9-11)15-4-2-12(7-16(15)28(21,26)27)23-17(25)6-10-1-3-13(19)14(20)5-10/h1-5,7-9H,6H2,(H,23,25)(H2,21,26,27). The van der Waals surface area contributed by atoms with Gasteiger partial charge in [0.2, 0.25) is 15.9 Å². The van der Waals surface area contributed by atoms with Crippen LogP contribution in [0.4, 0.5) is 18.9 Å². The number of anilines is 1. The maximum atomic E-state index is 13.2. The minimum atomic E-state index is -4.23. The van der Waals surface area contributed by atoms with Crippen molar-refractivity contribution in [3.05, 3.63) is 71.8 Å². The topological polar surface area (TPSA) is 107 Å². The second-order valence-corrected chi connectivity index (χ2v) is 7.33. The van der Waals surface area contributed by atoms with Crippen molar-refractivity contribution in [1.82, 2.24) is 9.78 Å². The van der Waals surface area contributed by atoms with Gasteiger partial charge >= 0.3 is 0 Å². The van der Waals surface area contributed by atoms with Crippen LogP contribution in [0.2, 0.25) is 0 Å². The van der Waals surface area contributed by atoms with Gasteiger partial charge in [-0.2, -0.15) is 5.10 Å². The molecule has 0 radical (unpaired) electrons. The molecule has 11 heteroatoms. The van der Waals surface area contributed by atoms with Crippen molar-refractivity contribution >= 4 is 21.6 Å². The van der Waals surface area contributed by atoms with Crippen LogP contribution in [-0.4, -0.2) is 24.1 Å². The molecule has 28 heavy (non-hydrogen) atoms. The summed E-state index contributed by atoms with van der Waals surface area (Å²) in [6.07, 6.45) is 1.59. The molecule has 7 nitrogen and oxygen atoms in total. The van der Waals surface area contributed by atoms with E-state index in [4.69, 9.17) is 5.14 Å². The first-order chi connectivity index (χ1) is 13.1. The van der Waals surface area contributed by atoms with E-state index in [2.05, 4.69) is 10.4 Å². The fourth-order valence-corrected chi connectivity index (χ4v) is 3.23. The number of rotatable bonds is 5. The zero-order valence-electron chi connectivity index (χ0n) is 14.1. The van der Waals surface area contributed by atoms with Crippen LogP contribution < -0.4 is 10.5 Å². The molecule has 3 N–H and O–H groups in total. The van der Waals surface area contributed by atoms with Gasteiger partial charge in [-0.25, -0.2) is 31.4 Å². The van der Waals surface area contributed by atoms with Crippen LogP contribution in [0, 0.1) is 17.5 Å². The number of aromatic nitrogens is 2. The van der Waals surface area contributed by atoms with Gasteiger partial charge in [0.05, 0.1) is 24.5 Å². The summed E-state index contributed by atoms with van der Waals surface area (Å²) < 4.78 is 64.1. The monoisotopic (exact) mass is 410 g/mol. The molecule has 1 heterocycles. The summed E-state index contributed by atoms with van der Waals surface area (Å²) >= 11 is 0. The lowest BCUT2D eigenvalue weighted by Crippen LogP contribution is -2.18. The number of nitrogens with two attached hydrogens (primary N) is 1. The number of primary sulfonamides is 1. The summed E-state index contributed by atoms with van der Waals surface area (Å²) in [7, 11) is -4.23. The highest BCUT2D eigenvalue weighted by Crippen LogP contribution is 2.23. The van der Waals surface area contributed by atoms with Crippen LogP contribution in [0.3, 0.4) is 0 Å². The Labute approximate surface area is 157 Å². The lowest BCUT2D eigenvalue weighted by molar-refractivity contribution is -0.115. The number of sulfonamides is 1. The largest absolute Gasteiger partial charge is 0.326 e. The molecule has 3 aromatic rings. The smallest absolute Gasteiger partial charge is 0.240 e. The first-order valence-corrected chi connectivity index (χ1v) is 9.29. The fourth-order valence-electron chi connectivity index (χ4n) is 2.48. The van der Waals surface area contributed by atoms with Gasteiger partial charge in [-0.3, -0.25) is 4.79 Å². The summed E-state index contributed by atoms with van der Waals surface area (Å²) in [4.78, 5) is 11.7. The summed E-state index contributed by atoms with van der Waals surface area (Å²) in [5, 5.41) is 11.3. The van der Waals surface area contributed by atoms with E-state index in [1.165, 1.54) is 18.2 Å². The molecule has 0 spiro atoms. The number of nitrogens with one attached hydrogen (secondary N) is 1. The van der Waals surface area contributed by atoms with Gasteiger partial charge in [-0.05, 0) is 35.9 Å². The minimum Gasteiger partial charge on any atom is -0.326 e. The molecule has 0 saturated heterocycles. The molecule has 0 unspecified atom stereocenters. The van der Waals surface area contributed by atoms with Crippen molar-refractivity contribution in [3.63, 3.8) is 0 Å². The predicted molar refractivity (Wildman–Crippen MR) is 93.6 cm³/mol. The summed E-state index contributed by atoms with van der Waals surface area (Å²) in [5.74, 6) is -3.39. The van der Waals surface area contributed by atoms with Crippen LogP contribution in [0.25, 0.3) is 5.69 Å². The van der Waals surface area contributed by atoms with E-state index in [1.54, 1.807) is 0 Å². The van der Waals surface area contributed by atoms with E-state index >= 15 is 0 Å². The average Bonchev–Trinajstić information content (AvgIpc) is 3.03. The summed E-state index contributed by atoms with van der Waals surface area (Å²) in [6, 6.07) is 6.79. The Balaban J connectivity index is 1.86. The van der Waals surface area contributed by atoms with Gasteiger partial charge in [0.1, 0.15) is 4.90 Å². The van der Waals surface area contributed by atoms with Crippen LogP contribution in [0.15, 0.2) is 53.7 Å². The molecule has 0 saturated carbocycles. The average molecular weight is 410 g/mol. The first-order valence-electron chi connectivity index (χ1n) is 7.74. The Bertz CT molecular complexity index is 1160. The summed E-state index contributed by atoms with van der Waals surface area (Å²) in [5.41, 5.74) is 0.310. The van der Waals surface area contributed by atoms with E-state index in [1.807, 2.05) is 0 Å². The van der Waals surface area contributed by atoms with Gasteiger partial charge in [0.15, 0.2) is 17.5 Å². The molecule has 146 valence electrons. The second-order valence-electron chi connectivity index (χ2n) is 5.80. The molecule has 3 rings (SSSR count). The highest BCUT2D eigenvalue weighted by Gasteiger charge is 2.18. The fraction of sp³-hybridized carbons (Fsp3) is 0.0588. The zero-order chi connectivity index (χ0) is 20.5. The highest BCUT2D eigenvalue weighted by molar-refractivity contribution is 7.89. The third-order valence-corrected chi connectivity index (χ3v) is 4.64. The molecule has 0 aliphatic carbocycles. The Kier molecular flexibility index (Phi) is 5.21. The molecule has 1 amide bonds. The number of hydrogen-bond donors (Lipinski definition) is 2. The van der Waals surface area contributed by atoms with Crippen molar-refractivity contribution in [2.45, 2.75) is 11.3 Å². The Morgan fingerprint density at radius 2 is 1.86 bits per heavy atom. The van der Waals surface area contributed by atoms with Gasteiger partial charge in [0.25, 0.3) is 0 Å². The van der Waals surface area contributed by atoms with Gasteiger partial charge in [0, 0.05) is 5.69 Å². The lowest BCUT2D eigenvalue weighted by Gasteiger charge is -2.11. The molecule has 0 bridgehead atoms. The van der Waals surface area contributed by atoms with Crippen molar-refractivity contribution in [2.75, 3.05) is 5.32 Å². The molecule has 0 atom stereocenters. The zero-order valence-corrected chi connectivity index (χ0v) is 14.9. The van der Waals surface area contributed by atoms with Gasteiger partial charge in [-0.1, -0.05) is 6.07 Å². The number of benzene rings is 2. The van der Waals surface area contributed by atoms with Gasteiger partial charge in [-0.15, -0.1) is 0 Å². The van der Waals surface area contributed by atoms with Gasteiger partial charge < -0.3 is 5.32 Å². The number of hydrogen-bond acceptors (Lipinski definition) is 4. The third-order valence-electron chi connectivity index (χ3n) is 3.70. The Morgan fingerprint density at radius 1 is 1.11 bits per heavy atom. The lowest BCUT2D eigenvalue weighted by atomic mass is 10.1. The van der Waals surface area contributed by atoms with Crippen LogP contribution in [0.5, 0.6) is 0 Å². The quantitative estimate of drug-likeness (QED) is 0.672. The molecule has 1 aromatic heterocycles. The molecular weight excluding hydrogens is 397 g/mol. The number of carbonyl (C=O) groups excluding carboxylic acids is 1. The number of carbonyl (C=O) groups is 1. The van der Waals surface area contributed by atoms with E-state index in [9.17, 15) is 26.4 Å². The predicted octanol–water partition coefficient (Wildman–Crippen LogP) is 2.12. The maximum Gasteiger partial charge on any atom is 0.240 e. The van der Waals surface area contributed by atoms with E-state index in [0.29, 0.717) is 0 Å². The van der Waals surface area contributed by atoms with Crippen molar-refractivity contribution < 1.29 is 26.4 Å². The second kappa shape index (κ2) is 7.44. The van der Waals surface area contributed by atoms with Crippen LogP contribution in [-0.2, 0) is 21.2 Å². The SMILES string of the molecule is NS(=O)(=O)c1cc(NC(=O)Cc2ccc(F)c(F)c2)ccc1-n1cc(F)cn1. The van der Waals surface area contributed by atoms with Crippen molar-refractivity contribution in [2.24, 2.45) is 5.14 Å². The molecule has 0 aliphatic heterocycles. The Hall–Kier alpha value is -3.18. The number of amides is 1. The highest BCUT2D eigenvalue weighted by atomic mass is 32.2. The molecular formula is C17H13F3N4O3S. The third kappa shape index (κ3) is 4.38. The number of nitrogens with zero attached hydrogens (tertiary/aromatic N) is 2. The first kappa shape index (κ1) is 19.6. The summed E-state index contributed by atoms with van der Waals surface area (Å²) in [6.45, 7) is 0. The van der Waals surface area contributed by atoms with E-state index < -0.39 is 33.4 Å². The maximum absolute atomic E-state index is 13.2. The normalized spacial score (nSPS) is 11.4. The van der Waals surface area contributed by atoms with E-state index in [0.717, 1.165) is 35.3 Å². The molecule has 0 fully saturated rings. The Morgan fingerprint density at radius 3 is 2.46 bits per heavy atom. The minimum absolute atomic E-state index is 0.00925.